The number of nitrogens with one attached hydrogen (secondary N) is 1. The monoisotopic (exact) mass is 289 g/mol. The molecule has 0 bridgehead atoms. The standard InChI is InChI=1S/C17H23NO3/c1-14(2)18-12-15-6-3-4-8-17(15)21-11-10-19-13-16-7-5-9-20-16/h3-9,14,18H,10-13H2,1-2H3. The van der Waals surface area contributed by atoms with E-state index in [-0.39, 0.29) is 0 Å². The Morgan fingerprint density at radius 1 is 1.10 bits per heavy atom. The molecule has 2 rings (SSSR count). The maximum Gasteiger partial charge on any atom is 0.129 e. The van der Waals surface area contributed by atoms with E-state index < -0.39 is 0 Å². The van der Waals surface area contributed by atoms with E-state index >= 15 is 0 Å². The number of furan rings is 1. The highest BCUT2D eigenvalue weighted by Gasteiger charge is 2.03. The van der Waals surface area contributed by atoms with Crippen molar-refractivity contribution in [2.45, 2.75) is 33.0 Å². The molecule has 114 valence electrons. The number of ether oxygens (including phenoxy) is 2. The first-order valence-corrected chi connectivity index (χ1v) is 7.30. The SMILES string of the molecule is CC(C)NCc1ccccc1OCCOCc1ccco1. The molecule has 0 unspecified atom stereocenters. The Kier molecular flexibility index (Phi) is 6.31. The van der Waals surface area contributed by atoms with Gasteiger partial charge in [0.2, 0.25) is 0 Å². The molecule has 0 aliphatic rings. The number of rotatable bonds is 9. The lowest BCUT2D eigenvalue weighted by atomic mass is 10.2. The highest BCUT2D eigenvalue weighted by atomic mass is 16.5. The van der Waals surface area contributed by atoms with Gasteiger partial charge in [-0.3, -0.25) is 0 Å². The van der Waals surface area contributed by atoms with Crippen LogP contribution in [0.4, 0.5) is 0 Å². The van der Waals surface area contributed by atoms with E-state index in [1.807, 2.05) is 30.3 Å². The molecule has 0 atom stereocenters. The van der Waals surface area contributed by atoms with Crippen LogP contribution in [0.2, 0.25) is 0 Å². The summed E-state index contributed by atoms with van der Waals surface area (Å²) >= 11 is 0. The zero-order valence-corrected chi connectivity index (χ0v) is 12.7. The summed E-state index contributed by atoms with van der Waals surface area (Å²) in [5, 5.41) is 3.40. The van der Waals surface area contributed by atoms with Crippen LogP contribution in [0, 0.1) is 0 Å². The summed E-state index contributed by atoms with van der Waals surface area (Å²) < 4.78 is 16.5. The number of para-hydroxylation sites is 1. The Bertz CT molecular complexity index is 509. The smallest absolute Gasteiger partial charge is 0.129 e. The molecule has 1 N–H and O–H groups in total. The zero-order chi connectivity index (χ0) is 14.9. The number of benzene rings is 1. The molecule has 0 fully saturated rings. The quantitative estimate of drug-likeness (QED) is 0.719. The molecule has 4 heteroatoms. The van der Waals surface area contributed by atoms with Crippen LogP contribution in [0.5, 0.6) is 5.75 Å². The van der Waals surface area contributed by atoms with Crippen molar-refractivity contribution in [3.63, 3.8) is 0 Å². The van der Waals surface area contributed by atoms with E-state index in [1.54, 1.807) is 6.26 Å². The van der Waals surface area contributed by atoms with E-state index in [2.05, 4.69) is 25.2 Å². The molecule has 0 saturated heterocycles. The minimum atomic E-state index is 0.453. The molecule has 21 heavy (non-hydrogen) atoms. The van der Waals surface area contributed by atoms with Crippen molar-refractivity contribution in [1.29, 1.82) is 0 Å². The third-order valence-corrected chi connectivity index (χ3v) is 2.98. The first kappa shape index (κ1) is 15.6. The summed E-state index contributed by atoms with van der Waals surface area (Å²) in [6.45, 7) is 6.61. The minimum Gasteiger partial charge on any atom is -0.491 e. The zero-order valence-electron chi connectivity index (χ0n) is 12.7. The molecule has 2 aromatic rings. The number of hydrogen-bond acceptors (Lipinski definition) is 4. The van der Waals surface area contributed by atoms with Crippen LogP contribution in [0.15, 0.2) is 47.1 Å². The van der Waals surface area contributed by atoms with Gasteiger partial charge in [-0.05, 0) is 18.2 Å². The van der Waals surface area contributed by atoms with Crippen molar-refractivity contribution in [1.82, 2.24) is 5.32 Å². The Balaban J connectivity index is 1.72. The van der Waals surface area contributed by atoms with Crippen LogP contribution in [0.1, 0.15) is 25.2 Å². The lowest BCUT2D eigenvalue weighted by Crippen LogP contribution is -2.22. The molecule has 0 saturated carbocycles. The van der Waals surface area contributed by atoms with Gasteiger partial charge in [0.15, 0.2) is 0 Å². The van der Waals surface area contributed by atoms with E-state index in [0.717, 1.165) is 23.6 Å². The molecule has 1 aromatic heterocycles. The lowest BCUT2D eigenvalue weighted by molar-refractivity contribution is 0.0778. The third-order valence-electron chi connectivity index (χ3n) is 2.98. The van der Waals surface area contributed by atoms with Gasteiger partial charge in [-0.1, -0.05) is 32.0 Å². The summed E-state index contributed by atoms with van der Waals surface area (Å²) in [6, 6.07) is 12.3. The maximum atomic E-state index is 5.79. The van der Waals surface area contributed by atoms with Crippen LogP contribution in [0.3, 0.4) is 0 Å². The van der Waals surface area contributed by atoms with E-state index in [0.29, 0.717) is 25.9 Å². The van der Waals surface area contributed by atoms with Crippen molar-refractivity contribution in [3.05, 3.63) is 54.0 Å². The Morgan fingerprint density at radius 2 is 1.95 bits per heavy atom. The summed E-state index contributed by atoms with van der Waals surface area (Å²) in [5.74, 6) is 1.74. The normalized spacial score (nSPS) is 11.0. The first-order chi connectivity index (χ1) is 10.3. The average molecular weight is 289 g/mol. The second-order valence-electron chi connectivity index (χ2n) is 5.12. The van der Waals surface area contributed by atoms with Gasteiger partial charge in [-0.2, -0.15) is 0 Å². The fourth-order valence-corrected chi connectivity index (χ4v) is 1.88. The molecule has 1 heterocycles. The van der Waals surface area contributed by atoms with E-state index in [4.69, 9.17) is 13.9 Å². The van der Waals surface area contributed by atoms with E-state index in [9.17, 15) is 0 Å². The largest absolute Gasteiger partial charge is 0.491 e. The minimum absolute atomic E-state index is 0.453. The molecule has 1 aromatic carbocycles. The summed E-state index contributed by atoms with van der Waals surface area (Å²) in [6.07, 6.45) is 1.65. The molecule has 0 spiro atoms. The fourth-order valence-electron chi connectivity index (χ4n) is 1.88. The topological polar surface area (TPSA) is 43.6 Å². The third kappa shape index (κ3) is 5.61. The van der Waals surface area contributed by atoms with Gasteiger partial charge >= 0.3 is 0 Å². The van der Waals surface area contributed by atoms with Crippen LogP contribution in [-0.2, 0) is 17.9 Å². The Morgan fingerprint density at radius 3 is 2.71 bits per heavy atom. The molecule has 0 radical (unpaired) electrons. The van der Waals surface area contributed by atoms with Crippen LogP contribution in [-0.4, -0.2) is 19.3 Å². The summed E-state index contributed by atoms with van der Waals surface area (Å²) in [4.78, 5) is 0. The average Bonchev–Trinajstić information content (AvgIpc) is 2.99. The molecule has 0 aliphatic heterocycles. The van der Waals surface area contributed by atoms with Gasteiger partial charge in [0.05, 0.1) is 12.9 Å². The van der Waals surface area contributed by atoms with Crippen LogP contribution in [0.25, 0.3) is 0 Å². The molecule has 0 aliphatic carbocycles. The number of hydrogen-bond donors (Lipinski definition) is 1. The highest BCUT2D eigenvalue weighted by molar-refractivity contribution is 5.33. The van der Waals surface area contributed by atoms with Crippen LogP contribution < -0.4 is 10.1 Å². The highest BCUT2D eigenvalue weighted by Crippen LogP contribution is 2.17. The molecule has 0 amide bonds. The van der Waals surface area contributed by atoms with Gasteiger partial charge in [0.25, 0.3) is 0 Å². The van der Waals surface area contributed by atoms with Gasteiger partial charge in [-0.25, -0.2) is 0 Å². The lowest BCUT2D eigenvalue weighted by Gasteiger charge is -2.13. The second kappa shape index (κ2) is 8.49. The van der Waals surface area contributed by atoms with Crippen molar-refractivity contribution in [3.8, 4) is 5.75 Å². The predicted octanol–water partition coefficient (Wildman–Crippen LogP) is 3.37. The van der Waals surface area contributed by atoms with Crippen molar-refractivity contribution in [2.24, 2.45) is 0 Å². The molecule has 4 nitrogen and oxygen atoms in total. The molecular formula is C17H23NO3. The Labute approximate surface area is 126 Å². The predicted molar refractivity (Wildman–Crippen MR) is 82.3 cm³/mol. The van der Waals surface area contributed by atoms with Crippen LogP contribution >= 0.6 is 0 Å². The Hall–Kier alpha value is -1.78. The summed E-state index contributed by atoms with van der Waals surface area (Å²) in [7, 11) is 0. The molecular weight excluding hydrogens is 266 g/mol. The van der Waals surface area contributed by atoms with Crippen molar-refractivity contribution in [2.75, 3.05) is 13.2 Å². The van der Waals surface area contributed by atoms with Gasteiger partial charge in [0, 0.05) is 18.2 Å². The fraction of sp³-hybridized carbons (Fsp3) is 0.412. The first-order valence-electron chi connectivity index (χ1n) is 7.30. The van der Waals surface area contributed by atoms with Gasteiger partial charge < -0.3 is 19.2 Å². The maximum absolute atomic E-state index is 5.79. The van der Waals surface area contributed by atoms with Gasteiger partial charge in [0.1, 0.15) is 24.7 Å². The van der Waals surface area contributed by atoms with Crippen molar-refractivity contribution < 1.29 is 13.9 Å². The van der Waals surface area contributed by atoms with Gasteiger partial charge in [-0.15, -0.1) is 0 Å². The van der Waals surface area contributed by atoms with E-state index in [1.165, 1.54) is 0 Å². The van der Waals surface area contributed by atoms with Crippen molar-refractivity contribution >= 4 is 0 Å². The summed E-state index contributed by atoms with van der Waals surface area (Å²) in [5.41, 5.74) is 1.16. The second-order valence-corrected chi connectivity index (χ2v) is 5.12.